The van der Waals surface area contributed by atoms with Crippen molar-refractivity contribution in [3.63, 3.8) is 0 Å². The molecule has 0 radical (unpaired) electrons. The Hall–Kier alpha value is -1.95. The highest BCUT2D eigenvalue weighted by Crippen LogP contribution is 2.29. The lowest BCUT2D eigenvalue weighted by Crippen LogP contribution is -1.92. The minimum Gasteiger partial charge on any atom is -0.420 e. The fraction of sp³-hybridized carbons (Fsp3) is 0.333. The third kappa shape index (κ3) is 3.08. The summed E-state index contributed by atoms with van der Waals surface area (Å²) in [7, 11) is 0. The van der Waals surface area contributed by atoms with Crippen LogP contribution in [0.4, 0.5) is 5.69 Å². The number of nitro benzene ring substituents is 1. The number of nitrogens with zero attached hydrogens (tertiary/aromatic N) is 3. The molecular formula is C12H12ClN3O3. The number of nitro groups is 1. The van der Waals surface area contributed by atoms with Crippen LogP contribution >= 0.6 is 11.6 Å². The summed E-state index contributed by atoms with van der Waals surface area (Å²) in [6.07, 6.45) is 1.29. The van der Waals surface area contributed by atoms with Crippen LogP contribution in [0.2, 0.25) is 0 Å². The van der Waals surface area contributed by atoms with E-state index in [1.165, 1.54) is 6.07 Å². The summed E-state index contributed by atoms with van der Waals surface area (Å²) in [5.41, 5.74) is 1.19. The Morgan fingerprint density at radius 1 is 1.42 bits per heavy atom. The molecule has 2 rings (SSSR count). The topological polar surface area (TPSA) is 82.1 Å². The molecule has 1 aromatic carbocycles. The Bertz CT molecular complexity index is 598. The standard InChI is InChI=1S/C12H12ClN3O3/c1-8-4-5-10(16(17)18)9(7-8)12-15-14-11(19-12)3-2-6-13/h4-5,7H,2-3,6H2,1H3. The van der Waals surface area contributed by atoms with E-state index < -0.39 is 4.92 Å². The van der Waals surface area contributed by atoms with Gasteiger partial charge in [0.15, 0.2) is 0 Å². The number of rotatable bonds is 5. The molecule has 0 aliphatic heterocycles. The molecule has 0 aliphatic rings. The van der Waals surface area contributed by atoms with Crippen LogP contribution in [0.5, 0.6) is 0 Å². The number of halogens is 1. The summed E-state index contributed by atoms with van der Waals surface area (Å²) in [5.74, 6) is 1.11. The van der Waals surface area contributed by atoms with Crippen molar-refractivity contribution in [1.82, 2.24) is 10.2 Å². The molecule has 2 aromatic rings. The molecule has 7 heteroatoms. The van der Waals surface area contributed by atoms with Gasteiger partial charge in [-0.05, 0) is 25.0 Å². The Balaban J connectivity index is 2.37. The van der Waals surface area contributed by atoms with E-state index in [0.717, 1.165) is 12.0 Å². The Morgan fingerprint density at radius 3 is 2.89 bits per heavy atom. The molecule has 6 nitrogen and oxygen atoms in total. The molecule has 0 amide bonds. The Kier molecular flexibility index (Phi) is 4.11. The molecule has 0 bridgehead atoms. The Morgan fingerprint density at radius 2 is 2.21 bits per heavy atom. The number of hydrogen-bond donors (Lipinski definition) is 0. The molecule has 0 spiro atoms. The highest BCUT2D eigenvalue weighted by atomic mass is 35.5. The van der Waals surface area contributed by atoms with Gasteiger partial charge in [0, 0.05) is 18.4 Å². The summed E-state index contributed by atoms with van der Waals surface area (Å²) in [6, 6.07) is 4.77. The Labute approximate surface area is 114 Å². The third-order valence-corrected chi connectivity index (χ3v) is 2.84. The van der Waals surface area contributed by atoms with Crippen LogP contribution in [-0.2, 0) is 6.42 Å². The molecule has 0 saturated heterocycles. The lowest BCUT2D eigenvalue weighted by Gasteiger charge is -1.99. The van der Waals surface area contributed by atoms with Gasteiger partial charge in [-0.15, -0.1) is 21.8 Å². The number of aromatic nitrogens is 2. The molecule has 0 unspecified atom stereocenters. The van der Waals surface area contributed by atoms with Crippen LogP contribution in [0.3, 0.4) is 0 Å². The molecule has 19 heavy (non-hydrogen) atoms. The molecule has 0 fully saturated rings. The van der Waals surface area contributed by atoms with E-state index in [9.17, 15) is 10.1 Å². The van der Waals surface area contributed by atoms with E-state index in [2.05, 4.69) is 10.2 Å². The zero-order chi connectivity index (χ0) is 13.8. The third-order valence-electron chi connectivity index (χ3n) is 2.57. The molecule has 100 valence electrons. The molecular weight excluding hydrogens is 270 g/mol. The first-order chi connectivity index (χ1) is 9.11. The van der Waals surface area contributed by atoms with Gasteiger partial charge < -0.3 is 4.42 Å². The molecule has 0 aliphatic carbocycles. The van der Waals surface area contributed by atoms with Crippen molar-refractivity contribution in [3.8, 4) is 11.5 Å². The van der Waals surface area contributed by atoms with E-state index in [0.29, 0.717) is 23.8 Å². The van der Waals surface area contributed by atoms with Gasteiger partial charge in [-0.25, -0.2) is 0 Å². The lowest BCUT2D eigenvalue weighted by atomic mass is 10.1. The molecule has 1 heterocycles. The van der Waals surface area contributed by atoms with Crippen molar-refractivity contribution in [2.45, 2.75) is 19.8 Å². The second kappa shape index (κ2) is 5.79. The van der Waals surface area contributed by atoms with Crippen LogP contribution in [0.15, 0.2) is 22.6 Å². The van der Waals surface area contributed by atoms with E-state index >= 15 is 0 Å². The van der Waals surface area contributed by atoms with Gasteiger partial charge in [-0.2, -0.15) is 0 Å². The predicted molar refractivity (Wildman–Crippen MR) is 70.2 cm³/mol. The van der Waals surface area contributed by atoms with Gasteiger partial charge in [-0.3, -0.25) is 10.1 Å². The lowest BCUT2D eigenvalue weighted by molar-refractivity contribution is -0.384. The van der Waals surface area contributed by atoms with Crippen LogP contribution in [0, 0.1) is 17.0 Å². The number of aryl methyl sites for hydroxylation is 2. The van der Waals surface area contributed by atoms with E-state index in [1.54, 1.807) is 12.1 Å². The normalized spacial score (nSPS) is 10.6. The molecule has 0 atom stereocenters. The zero-order valence-electron chi connectivity index (χ0n) is 10.3. The van der Waals surface area contributed by atoms with Crippen LogP contribution in [-0.4, -0.2) is 21.0 Å². The number of hydrogen-bond acceptors (Lipinski definition) is 5. The number of benzene rings is 1. The summed E-state index contributed by atoms with van der Waals surface area (Å²) in [6.45, 7) is 1.85. The maximum atomic E-state index is 11.0. The van der Waals surface area contributed by atoms with Gasteiger partial charge in [0.2, 0.25) is 5.89 Å². The van der Waals surface area contributed by atoms with Crippen molar-refractivity contribution < 1.29 is 9.34 Å². The first kappa shape index (κ1) is 13.5. The van der Waals surface area contributed by atoms with Gasteiger partial charge in [0.25, 0.3) is 11.6 Å². The van der Waals surface area contributed by atoms with Gasteiger partial charge in [0.1, 0.15) is 5.56 Å². The van der Waals surface area contributed by atoms with Gasteiger partial charge in [0.05, 0.1) is 4.92 Å². The molecule has 1 aromatic heterocycles. The zero-order valence-corrected chi connectivity index (χ0v) is 11.1. The average molecular weight is 282 g/mol. The van der Waals surface area contributed by atoms with E-state index in [1.807, 2.05) is 6.92 Å². The second-order valence-corrected chi connectivity index (χ2v) is 4.45. The minimum atomic E-state index is -0.461. The van der Waals surface area contributed by atoms with Crippen molar-refractivity contribution in [2.75, 3.05) is 5.88 Å². The average Bonchev–Trinajstić information content (AvgIpc) is 2.84. The van der Waals surface area contributed by atoms with Crippen LogP contribution < -0.4 is 0 Å². The summed E-state index contributed by atoms with van der Waals surface area (Å²) in [4.78, 5) is 10.5. The largest absolute Gasteiger partial charge is 0.420 e. The van der Waals surface area contributed by atoms with E-state index in [-0.39, 0.29) is 11.6 Å². The highest BCUT2D eigenvalue weighted by molar-refractivity contribution is 6.17. The monoisotopic (exact) mass is 281 g/mol. The summed E-state index contributed by atoms with van der Waals surface area (Å²) >= 11 is 5.58. The van der Waals surface area contributed by atoms with Crippen LogP contribution in [0.25, 0.3) is 11.5 Å². The highest BCUT2D eigenvalue weighted by Gasteiger charge is 2.20. The van der Waals surface area contributed by atoms with Crippen molar-refractivity contribution in [1.29, 1.82) is 0 Å². The van der Waals surface area contributed by atoms with Crippen molar-refractivity contribution in [3.05, 3.63) is 39.8 Å². The minimum absolute atomic E-state index is 0.0434. The van der Waals surface area contributed by atoms with Crippen molar-refractivity contribution >= 4 is 17.3 Å². The fourth-order valence-electron chi connectivity index (χ4n) is 1.66. The first-order valence-electron chi connectivity index (χ1n) is 5.75. The maximum Gasteiger partial charge on any atom is 0.282 e. The smallest absolute Gasteiger partial charge is 0.282 e. The quantitative estimate of drug-likeness (QED) is 0.478. The van der Waals surface area contributed by atoms with Crippen LogP contribution in [0.1, 0.15) is 17.9 Å². The molecule has 0 saturated carbocycles. The maximum absolute atomic E-state index is 11.0. The van der Waals surface area contributed by atoms with E-state index in [4.69, 9.17) is 16.0 Å². The summed E-state index contributed by atoms with van der Waals surface area (Å²) < 4.78 is 5.43. The van der Waals surface area contributed by atoms with Gasteiger partial charge in [-0.1, -0.05) is 6.07 Å². The fourth-order valence-corrected chi connectivity index (χ4v) is 1.80. The SMILES string of the molecule is Cc1ccc([N+](=O)[O-])c(-c2nnc(CCCCl)o2)c1. The second-order valence-electron chi connectivity index (χ2n) is 4.07. The first-order valence-corrected chi connectivity index (χ1v) is 6.29. The van der Waals surface area contributed by atoms with Gasteiger partial charge >= 0.3 is 0 Å². The molecule has 0 N–H and O–H groups in total. The van der Waals surface area contributed by atoms with Crippen molar-refractivity contribution in [2.24, 2.45) is 0 Å². The summed E-state index contributed by atoms with van der Waals surface area (Å²) in [5, 5.41) is 18.7. The predicted octanol–water partition coefficient (Wildman–Crippen LogP) is 3.12. The number of alkyl halides is 1.